The van der Waals surface area contributed by atoms with E-state index in [1.807, 2.05) is 6.92 Å². The van der Waals surface area contributed by atoms with E-state index < -0.39 is 10.2 Å². The van der Waals surface area contributed by atoms with Crippen LogP contribution >= 0.6 is 0 Å². The van der Waals surface area contributed by atoms with Crippen LogP contribution in [0.5, 0.6) is 0 Å². The summed E-state index contributed by atoms with van der Waals surface area (Å²) in [5, 5.41) is 2.92. The highest BCUT2D eigenvalue weighted by Gasteiger charge is 2.21. The summed E-state index contributed by atoms with van der Waals surface area (Å²) < 4.78 is 26.4. The van der Waals surface area contributed by atoms with Gasteiger partial charge in [0.2, 0.25) is 0 Å². The second-order valence-corrected chi connectivity index (χ2v) is 7.64. The van der Waals surface area contributed by atoms with Crippen LogP contribution in [0.3, 0.4) is 0 Å². The molecule has 0 saturated carbocycles. The lowest BCUT2D eigenvalue weighted by atomic mass is 10.1. The molecule has 1 aromatic rings. The summed E-state index contributed by atoms with van der Waals surface area (Å²) in [6, 6.07) is 6.63. The summed E-state index contributed by atoms with van der Waals surface area (Å²) in [5.74, 6) is -0.148. The number of anilines is 1. The Labute approximate surface area is 133 Å². The normalized spacial score (nSPS) is 13.0. The van der Waals surface area contributed by atoms with Crippen molar-refractivity contribution < 1.29 is 13.2 Å². The van der Waals surface area contributed by atoms with Crippen molar-refractivity contribution in [3.63, 3.8) is 0 Å². The van der Waals surface area contributed by atoms with Gasteiger partial charge >= 0.3 is 10.2 Å². The lowest BCUT2D eigenvalue weighted by molar-refractivity contribution is 0.0938. The molecule has 0 aliphatic carbocycles. The fraction of sp³-hybridized carbons (Fsp3) is 0.533. The third-order valence-corrected chi connectivity index (χ3v) is 5.23. The predicted molar refractivity (Wildman–Crippen MR) is 89.3 cm³/mol. The summed E-state index contributed by atoms with van der Waals surface area (Å²) in [4.78, 5) is 12.1. The van der Waals surface area contributed by atoms with Gasteiger partial charge in [-0.15, -0.1) is 0 Å². The van der Waals surface area contributed by atoms with Crippen LogP contribution < -0.4 is 9.62 Å². The Morgan fingerprint density at radius 2 is 1.73 bits per heavy atom. The molecule has 0 spiro atoms. The average molecular weight is 327 g/mol. The Morgan fingerprint density at radius 1 is 1.18 bits per heavy atom. The second kappa shape index (κ2) is 7.60. The van der Waals surface area contributed by atoms with E-state index in [4.69, 9.17) is 0 Å². The van der Waals surface area contributed by atoms with Crippen LogP contribution in [-0.4, -0.2) is 45.8 Å². The monoisotopic (exact) mass is 327 g/mol. The molecule has 0 saturated heterocycles. The second-order valence-electron chi connectivity index (χ2n) is 5.47. The average Bonchev–Trinajstić information content (AvgIpc) is 2.46. The third kappa shape index (κ3) is 4.45. The highest BCUT2D eigenvalue weighted by molar-refractivity contribution is 7.90. The van der Waals surface area contributed by atoms with E-state index in [0.29, 0.717) is 11.3 Å². The van der Waals surface area contributed by atoms with Crippen LogP contribution in [0.4, 0.5) is 5.69 Å². The van der Waals surface area contributed by atoms with Gasteiger partial charge in [0.25, 0.3) is 5.91 Å². The predicted octanol–water partition coefficient (Wildman–Crippen LogP) is 1.85. The number of nitrogens with zero attached hydrogens (tertiary/aromatic N) is 2. The minimum atomic E-state index is -3.52. The van der Waals surface area contributed by atoms with Crippen molar-refractivity contribution >= 4 is 21.8 Å². The van der Waals surface area contributed by atoms with Gasteiger partial charge in [0.15, 0.2) is 0 Å². The highest BCUT2D eigenvalue weighted by Crippen LogP contribution is 2.18. The summed E-state index contributed by atoms with van der Waals surface area (Å²) in [5.41, 5.74) is 1.02. The quantitative estimate of drug-likeness (QED) is 0.831. The molecule has 1 atom stereocenters. The van der Waals surface area contributed by atoms with Gasteiger partial charge in [-0.1, -0.05) is 13.3 Å². The third-order valence-electron chi connectivity index (χ3n) is 3.40. The zero-order valence-corrected chi connectivity index (χ0v) is 14.6. The maximum absolute atomic E-state index is 12.1. The molecule has 1 N–H and O–H groups in total. The van der Waals surface area contributed by atoms with Crippen molar-refractivity contribution in [2.24, 2.45) is 0 Å². The van der Waals surface area contributed by atoms with Crippen molar-refractivity contribution in [2.45, 2.75) is 32.7 Å². The molecule has 1 rings (SSSR count). The number of hydrogen-bond acceptors (Lipinski definition) is 3. The molecule has 0 radical (unpaired) electrons. The van der Waals surface area contributed by atoms with Gasteiger partial charge in [-0.05, 0) is 37.6 Å². The smallest absolute Gasteiger partial charge is 0.303 e. The first-order valence-corrected chi connectivity index (χ1v) is 8.67. The molecule has 0 aliphatic rings. The molecular formula is C15H25N3O3S. The van der Waals surface area contributed by atoms with Crippen molar-refractivity contribution in [2.75, 3.05) is 25.4 Å². The summed E-state index contributed by atoms with van der Waals surface area (Å²) in [6.45, 7) is 4.03. The Kier molecular flexibility index (Phi) is 6.37. The maximum atomic E-state index is 12.1. The van der Waals surface area contributed by atoms with Crippen molar-refractivity contribution in [3.05, 3.63) is 29.8 Å². The summed E-state index contributed by atoms with van der Waals surface area (Å²) in [6.07, 6.45) is 1.93. The number of amides is 1. The van der Waals surface area contributed by atoms with E-state index in [-0.39, 0.29) is 11.9 Å². The van der Waals surface area contributed by atoms with Crippen LogP contribution in [0.1, 0.15) is 37.0 Å². The van der Waals surface area contributed by atoms with E-state index in [9.17, 15) is 13.2 Å². The largest absolute Gasteiger partial charge is 0.350 e. The van der Waals surface area contributed by atoms with Gasteiger partial charge in [0.05, 0.1) is 5.69 Å². The number of carbonyl (C=O) groups is 1. The fourth-order valence-corrected chi connectivity index (χ4v) is 2.89. The minimum absolute atomic E-state index is 0.119. The first kappa shape index (κ1) is 18.4. The van der Waals surface area contributed by atoms with Crippen molar-refractivity contribution in [1.29, 1.82) is 0 Å². The number of carbonyl (C=O) groups excluding carboxylic acids is 1. The molecule has 0 aliphatic heterocycles. The molecule has 22 heavy (non-hydrogen) atoms. The minimum Gasteiger partial charge on any atom is -0.350 e. The zero-order chi connectivity index (χ0) is 16.9. The Morgan fingerprint density at radius 3 is 2.18 bits per heavy atom. The molecular weight excluding hydrogens is 302 g/mol. The van der Waals surface area contributed by atoms with Gasteiger partial charge in [-0.3, -0.25) is 9.10 Å². The van der Waals surface area contributed by atoms with Gasteiger partial charge in [0, 0.05) is 32.7 Å². The van der Waals surface area contributed by atoms with Crippen molar-refractivity contribution in [1.82, 2.24) is 9.62 Å². The van der Waals surface area contributed by atoms with Gasteiger partial charge in [0.1, 0.15) is 0 Å². The van der Waals surface area contributed by atoms with Gasteiger partial charge in [-0.2, -0.15) is 12.7 Å². The van der Waals surface area contributed by atoms with E-state index >= 15 is 0 Å². The summed E-state index contributed by atoms with van der Waals surface area (Å²) in [7, 11) is 0.907. The lowest BCUT2D eigenvalue weighted by Crippen LogP contribution is -2.37. The Hall–Kier alpha value is -1.60. The van der Waals surface area contributed by atoms with Crippen LogP contribution in [0, 0.1) is 0 Å². The standard InChI is InChI=1S/C15H25N3O3S/c1-6-7-12(2)16-15(19)13-8-10-14(11-9-13)18(5)22(20,21)17(3)4/h8-12H,6-7H2,1-5H3,(H,16,19). The lowest BCUT2D eigenvalue weighted by Gasteiger charge is -2.23. The number of nitrogens with one attached hydrogen (secondary N) is 1. The Balaban J connectivity index is 2.85. The molecule has 0 heterocycles. The van der Waals surface area contributed by atoms with E-state index in [1.54, 1.807) is 24.3 Å². The molecule has 1 unspecified atom stereocenters. The molecule has 0 fully saturated rings. The van der Waals surface area contributed by atoms with Crippen LogP contribution in [0.25, 0.3) is 0 Å². The van der Waals surface area contributed by atoms with Gasteiger partial charge in [-0.25, -0.2) is 0 Å². The highest BCUT2D eigenvalue weighted by atomic mass is 32.2. The molecule has 1 amide bonds. The first-order valence-electron chi connectivity index (χ1n) is 7.27. The van der Waals surface area contributed by atoms with Crippen LogP contribution in [0.15, 0.2) is 24.3 Å². The summed E-state index contributed by atoms with van der Waals surface area (Å²) >= 11 is 0. The molecule has 0 aromatic heterocycles. The van der Waals surface area contributed by atoms with Crippen LogP contribution in [0.2, 0.25) is 0 Å². The molecule has 0 bridgehead atoms. The van der Waals surface area contributed by atoms with E-state index in [2.05, 4.69) is 12.2 Å². The first-order chi connectivity index (χ1) is 10.2. The Bertz CT molecular complexity index is 597. The molecule has 7 heteroatoms. The maximum Gasteiger partial charge on any atom is 0.303 e. The fourth-order valence-electron chi connectivity index (χ4n) is 2.01. The number of hydrogen-bond donors (Lipinski definition) is 1. The van der Waals surface area contributed by atoms with E-state index in [0.717, 1.165) is 17.1 Å². The topological polar surface area (TPSA) is 69.7 Å². The zero-order valence-electron chi connectivity index (χ0n) is 13.8. The number of rotatable bonds is 7. The molecule has 6 nitrogen and oxygen atoms in total. The van der Waals surface area contributed by atoms with Crippen molar-refractivity contribution in [3.8, 4) is 0 Å². The molecule has 1 aromatic carbocycles. The number of benzene rings is 1. The van der Waals surface area contributed by atoms with E-state index in [1.165, 1.54) is 25.4 Å². The SMILES string of the molecule is CCCC(C)NC(=O)c1ccc(N(C)S(=O)(=O)N(C)C)cc1. The van der Waals surface area contributed by atoms with Crippen LogP contribution in [-0.2, 0) is 10.2 Å². The molecule has 124 valence electrons. The van der Waals surface area contributed by atoms with Gasteiger partial charge < -0.3 is 5.32 Å².